The van der Waals surface area contributed by atoms with Crippen LogP contribution in [0.3, 0.4) is 0 Å². The fourth-order valence-electron chi connectivity index (χ4n) is 4.89. The Labute approximate surface area is 275 Å². The Morgan fingerprint density at radius 2 is 0.717 bits per heavy atom. The van der Waals surface area contributed by atoms with Gasteiger partial charge in [0.25, 0.3) is 0 Å². The molecule has 6 aromatic carbocycles. The second-order valence-electron chi connectivity index (χ2n) is 9.57. The van der Waals surface area contributed by atoms with Crippen LogP contribution in [0.2, 0.25) is 0 Å². The normalized spacial score (nSPS) is 10.4. The number of halogens is 10. The van der Waals surface area contributed by atoms with E-state index in [4.69, 9.17) is 0 Å². The first-order valence-electron chi connectivity index (χ1n) is 12.4. The first-order valence-corrected chi connectivity index (χ1v) is 16.6. The summed E-state index contributed by atoms with van der Waals surface area (Å²) in [5.41, 5.74) is -0.172. The van der Waals surface area contributed by atoms with E-state index in [2.05, 4.69) is 6.88 Å². The molecule has 12 heteroatoms. The van der Waals surface area contributed by atoms with Gasteiger partial charge in [0, 0.05) is 0 Å². The van der Waals surface area contributed by atoms with E-state index in [1.807, 2.05) is 0 Å². The van der Waals surface area contributed by atoms with Crippen molar-refractivity contribution in [1.82, 2.24) is 0 Å². The third-order valence-electron chi connectivity index (χ3n) is 6.75. The van der Waals surface area contributed by atoms with Crippen molar-refractivity contribution in [2.24, 2.45) is 0 Å². The maximum absolute atomic E-state index is 13.9. The van der Waals surface area contributed by atoms with Gasteiger partial charge in [0.05, 0.1) is 11.1 Å². The van der Waals surface area contributed by atoms with Gasteiger partial charge < -0.3 is 14.9 Å². The Balaban J connectivity index is 0.000000292. The second kappa shape index (κ2) is 15.4. The van der Waals surface area contributed by atoms with Crippen LogP contribution in [0.25, 0.3) is 43.8 Å². The minimum atomic E-state index is -2.15. The van der Waals surface area contributed by atoms with Crippen molar-refractivity contribution in [1.29, 1.82) is 0 Å². The molecule has 0 saturated heterocycles. The zero-order chi connectivity index (χ0) is 32.6. The fourth-order valence-corrected chi connectivity index (χ4v) is 4.89. The van der Waals surface area contributed by atoms with Crippen molar-refractivity contribution in [3.63, 3.8) is 0 Å². The van der Waals surface area contributed by atoms with Gasteiger partial charge >= 0.3 is 30.2 Å². The van der Waals surface area contributed by atoms with E-state index in [-0.39, 0.29) is 26.0 Å². The van der Waals surface area contributed by atoms with E-state index < -0.39 is 69.3 Å². The summed E-state index contributed by atoms with van der Waals surface area (Å²) in [6.07, 6.45) is 0. The van der Waals surface area contributed by atoms with Gasteiger partial charge in [-0.2, -0.15) is 12.1 Å². The zero-order valence-corrected chi connectivity index (χ0v) is 28.0. The molecule has 6 rings (SSSR count). The predicted octanol–water partition coefficient (Wildman–Crippen LogP) is 11.0. The van der Waals surface area contributed by atoms with Crippen LogP contribution in [-0.4, -0.2) is 6.88 Å². The number of aryl methyl sites for hydroxylation is 2. The number of benzene rings is 4. The summed E-state index contributed by atoms with van der Waals surface area (Å²) in [5, 5.41) is 2.24. The maximum atomic E-state index is 13.9. The molecule has 0 heterocycles. The van der Waals surface area contributed by atoms with Gasteiger partial charge in [-0.25, -0.2) is 43.9 Å². The van der Waals surface area contributed by atoms with Crippen molar-refractivity contribution < 1.29 is 67.2 Å². The van der Waals surface area contributed by atoms with Crippen molar-refractivity contribution in [3.05, 3.63) is 145 Å². The fraction of sp³-hybridized carbons (Fsp3) is 0.0588. The Bertz CT molecular complexity index is 1840. The van der Waals surface area contributed by atoms with E-state index in [0.29, 0.717) is 21.5 Å². The summed E-state index contributed by atoms with van der Waals surface area (Å²) in [5.74, 6) is -19.4. The topological polar surface area (TPSA) is 0 Å². The van der Waals surface area contributed by atoms with Gasteiger partial charge in [0.1, 0.15) is 0 Å². The molecule has 0 aliphatic heterocycles. The van der Waals surface area contributed by atoms with E-state index in [0.717, 1.165) is 11.1 Å². The van der Waals surface area contributed by atoms with Crippen molar-refractivity contribution in [2.75, 3.05) is 0 Å². The van der Waals surface area contributed by atoms with Crippen LogP contribution in [0.15, 0.2) is 60.7 Å². The average Bonchev–Trinajstić information content (AvgIpc) is 3.60. The first kappa shape index (κ1) is 38.7. The molecule has 0 nitrogen and oxygen atoms in total. The summed E-state index contributed by atoms with van der Waals surface area (Å²) in [4.78, 5) is 0. The van der Waals surface area contributed by atoms with Gasteiger partial charge in [-0.1, -0.05) is 37.1 Å². The molecule has 0 unspecified atom stereocenters. The molecule has 0 amide bonds. The SMILES string of the molecule is Cc1cc2c(-c3c(F)c(F)c(F)c(F)c3F)cccc2[cH-]1.Cc1cc2c(-c3c(F)c(F)c(F)c(F)c3F)cccc2[cH-]1.[CH3-].[CH3-].[Si]=[Zr]. The van der Waals surface area contributed by atoms with Crippen LogP contribution < -0.4 is 0 Å². The van der Waals surface area contributed by atoms with E-state index in [1.165, 1.54) is 47.6 Å². The van der Waals surface area contributed by atoms with Crippen LogP contribution in [0.1, 0.15) is 11.1 Å². The Kier molecular flexibility index (Phi) is 12.9. The monoisotopic (exact) mass is 738 g/mol. The molecule has 2 radical (unpaired) electrons. The summed E-state index contributed by atoms with van der Waals surface area (Å²) < 4.78 is 135. The molecule has 46 heavy (non-hydrogen) atoms. The van der Waals surface area contributed by atoms with E-state index in [1.54, 1.807) is 50.2 Å². The van der Waals surface area contributed by atoms with Gasteiger partial charge in [-0.05, 0) is 0 Å². The van der Waals surface area contributed by atoms with Crippen LogP contribution in [0.5, 0.6) is 0 Å². The zero-order valence-electron chi connectivity index (χ0n) is 24.6. The molecule has 0 atom stereocenters. The average molecular weight is 740 g/mol. The summed E-state index contributed by atoms with van der Waals surface area (Å²) >= 11 is 1.36. The molecular weight excluding hydrogens is 718 g/mol. The molecule has 0 aromatic heterocycles. The number of rotatable bonds is 2. The van der Waals surface area contributed by atoms with E-state index >= 15 is 0 Å². The quantitative estimate of drug-likeness (QED) is 0.0545. The summed E-state index contributed by atoms with van der Waals surface area (Å²) in [6.45, 7) is 6.62. The number of hydrogen-bond donors (Lipinski definition) is 0. The predicted molar refractivity (Wildman–Crippen MR) is 158 cm³/mol. The molecule has 240 valence electrons. The number of hydrogen-bond acceptors (Lipinski definition) is 0. The molecular formula is C34H22F10SiZr-4. The Morgan fingerprint density at radius 3 is 1.00 bits per heavy atom. The van der Waals surface area contributed by atoms with Crippen molar-refractivity contribution in [2.45, 2.75) is 13.8 Å². The van der Waals surface area contributed by atoms with E-state index in [9.17, 15) is 43.9 Å². The van der Waals surface area contributed by atoms with Gasteiger partial charge in [-0.3, -0.25) is 0 Å². The van der Waals surface area contributed by atoms with Gasteiger partial charge in [-0.15, -0.1) is 69.1 Å². The molecule has 0 aliphatic carbocycles. The minimum absolute atomic E-state index is 0. The standard InChI is InChI=1S/2C16H8F5.2CH3.Si.Zr/c2*1-7-5-8-3-2-4-9(10(8)6-7)11-12(17)14(19)16(21)15(20)13(11)18;;;;/h2*2-6H,1H3;2*1H3;;/q4*-1;;. The van der Waals surface area contributed by atoms with Crippen LogP contribution in [-0.2, 0) is 23.3 Å². The molecule has 0 saturated carbocycles. The molecule has 0 spiro atoms. The third-order valence-corrected chi connectivity index (χ3v) is 6.75. The Hall–Kier alpha value is -3.50. The van der Waals surface area contributed by atoms with Crippen molar-refractivity contribution >= 4 is 28.4 Å². The Morgan fingerprint density at radius 1 is 0.457 bits per heavy atom. The van der Waals surface area contributed by atoms with Crippen LogP contribution in [0.4, 0.5) is 43.9 Å². The summed E-state index contributed by atoms with van der Waals surface area (Å²) in [7, 11) is 0. The summed E-state index contributed by atoms with van der Waals surface area (Å²) in [6, 6.07) is 15.9. The molecule has 6 aromatic rings. The van der Waals surface area contributed by atoms with Crippen LogP contribution in [0, 0.1) is 86.9 Å². The van der Waals surface area contributed by atoms with Crippen molar-refractivity contribution in [3.8, 4) is 22.3 Å². The van der Waals surface area contributed by atoms with Gasteiger partial charge in [0.15, 0.2) is 46.5 Å². The third kappa shape index (κ3) is 6.79. The molecule has 0 aliphatic rings. The molecule has 0 bridgehead atoms. The second-order valence-corrected chi connectivity index (χ2v) is 9.57. The first-order chi connectivity index (χ1) is 20.8. The van der Waals surface area contributed by atoms with Crippen LogP contribution >= 0.6 is 0 Å². The number of fused-ring (bicyclic) bond motifs is 2. The van der Waals surface area contributed by atoms with Gasteiger partial charge in [0.2, 0.25) is 11.6 Å². The molecule has 0 fully saturated rings. The molecule has 0 N–H and O–H groups in total.